The van der Waals surface area contributed by atoms with Crippen LogP contribution in [0, 0.1) is 29.5 Å². The lowest BCUT2D eigenvalue weighted by Gasteiger charge is -2.67. The number of imidazole rings is 2. The van der Waals surface area contributed by atoms with Crippen LogP contribution in [0.5, 0.6) is 0 Å². The number of aromatic nitrogens is 5. The number of aryl methyl sites for hydroxylation is 1. The average molecular weight is 1330 g/mol. The number of carbonyl (C=O) groups is 6. The molecule has 5 aromatic carbocycles. The maximum Gasteiger partial charge on any atom is 0.338 e. The number of nitrogens with one attached hydrogen (secondary N) is 4. The van der Waals surface area contributed by atoms with Gasteiger partial charge in [-0.3, -0.25) is 24.0 Å². The maximum absolute atomic E-state index is 15.5. The van der Waals surface area contributed by atoms with E-state index in [1.165, 1.54) is 50.4 Å². The molecule has 3 fully saturated rings. The van der Waals surface area contributed by atoms with Crippen molar-refractivity contribution in [3.63, 3.8) is 0 Å². The zero-order chi connectivity index (χ0) is 68.8. The summed E-state index contributed by atoms with van der Waals surface area (Å²) >= 11 is 5.83. The highest BCUT2D eigenvalue weighted by molar-refractivity contribution is 6.30. The van der Waals surface area contributed by atoms with E-state index < -0.39 is 125 Å². The first-order valence-corrected chi connectivity index (χ1v) is 31.3. The Morgan fingerprint density at radius 2 is 1.53 bits per heavy atom. The van der Waals surface area contributed by atoms with Gasteiger partial charge < -0.3 is 69.3 Å². The molecule has 1 saturated heterocycles. The summed E-state index contributed by atoms with van der Waals surface area (Å²) < 4.78 is 45.6. The molecule has 500 valence electrons. The summed E-state index contributed by atoms with van der Waals surface area (Å²) in [5.74, 6) is -7.00. The molecule has 96 heavy (non-hydrogen) atoms. The van der Waals surface area contributed by atoms with Crippen LogP contribution in [0.2, 0.25) is 5.02 Å². The van der Waals surface area contributed by atoms with Gasteiger partial charge in [0.1, 0.15) is 41.1 Å². The van der Waals surface area contributed by atoms with Crippen LogP contribution in [-0.2, 0) is 42.9 Å². The first-order valence-electron chi connectivity index (χ1n) is 31.0. The molecule has 8 N–H and O–H groups in total. The van der Waals surface area contributed by atoms with Gasteiger partial charge in [0.15, 0.2) is 23.6 Å². The third-order valence-electron chi connectivity index (χ3n) is 19.1. The highest BCUT2D eigenvalue weighted by Crippen LogP contribution is 2.64. The largest absolute Gasteiger partial charge is 0.456 e. The highest BCUT2D eigenvalue weighted by atomic mass is 35.5. The summed E-state index contributed by atoms with van der Waals surface area (Å²) in [5, 5.41) is 53.8. The number of H-pyrrole nitrogens is 2. The van der Waals surface area contributed by atoms with Crippen molar-refractivity contribution >= 4 is 63.9 Å². The lowest BCUT2D eigenvalue weighted by molar-refractivity contribution is -0.346. The van der Waals surface area contributed by atoms with Gasteiger partial charge in [0.05, 0.1) is 69.8 Å². The van der Waals surface area contributed by atoms with E-state index >= 15 is 4.79 Å². The van der Waals surface area contributed by atoms with Crippen LogP contribution in [0.1, 0.15) is 104 Å². The van der Waals surface area contributed by atoms with Crippen LogP contribution >= 0.6 is 11.6 Å². The smallest absolute Gasteiger partial charge is 0.338 e. The highest BCUT2D eigenvalue weighted by Gasteiger charge is 2.78. The van der Waals surface area contributed by atoms with Crippen molar-refractivity contribution in [2.24, 2.45) is 16.7 Å². The van der Waals surface area contributed by atoms with E-state index in [0.29, 0.717) is 28.2 Å². The van der Waals surface area contributed by atoms with E-state index in [0.717, 1.165) is 36.1 Å². The molecule has 0 radical (unpaired) electrons. The number of hydrogen-bond acceptors (Lipinski definition) is 19. The summed E-state index contributed by atoms with van der Waals surface area (Å²) in [6.07, 6.45) is -4.71. The fourth-order valence-electron chi connectivity index (χ4n) is 14.0. The second-order valence-electron chi connectivity index (χ2n) is 25.2. The molecule has 23 nitrogen and oxygen atoms in total. The predicted octanol–water partition coefficient (Wildman–Crippen LogP) is 8.09. The zero-order valence-corrected chi connectivity index (χ0v) is 54.0. The Bertz CT molecular complexity index is 4380. The number of anilines is 1. The van der Waals surface area contributed by atoms with Gasteiger partial charge in [0, 0.05) is 68.5 Å². The molecule has 1 unspecified atom stereocenters. The summed E-state index contributed by atoms with van der Waals surface area (Å²) in [6, 6.07) is 32.6. The second kappa shape index (κ2) is 26.8. The Balaban J connectivity index is 0.000000231. The number of ketones is 1. The quantitative estimate of drug-likeness (QED) is 0.0257. The summed E-state index contributed by atoms with van der Waals surface area (Å²) in [5.41, 5.74) is -2.73. The van der Waals surface area contributed by atoms with Crippen LogP contribution < -0.4 is 16.2 Å². The van der Waals surface area contributed by atoms with Gasteiger partial charge in [-0.25, -0.2) is 23.9 Å². The molecular formula is C71H71ClFN7O16. The zero-order valence-electron chi connectivity index (χ0n) is 53.2. The van der Waals surface area contributed by atoms with E-state index in [1.54, 1.807) is 111 Å². The predicted molar refractivity (Wildman–Crippen MR) is 347 cm³/mol. The number of esters is 4. The molecule has 1 amide bonds. The number of aliphatic hydroxyl groups is 4. The van der Waals surface area contributed by atoms with Crippen LogP contribution in [0.25, 0.3) is 28.1 Å². The Morgan fingerprint density at radius 3 is 2.16 bits per heavy atom. The number of Topliss-reactive ketones (excluding diaryl/α,β-unsaturated/α-hetero) is 1. The Kier molecular flexibility index (Phi) is 18.9. The lowest BCUT2D eigenvalue weighted by Crippen LogP contribution is -2.82. The molecule has 4 heterocycles. The van der Waals surface area contributed by atoms with E-state index in [4.69, 9.17) is 35.3 Å². The molecular weight excluding hydrogens is 1260 g/mol. The summed E-state index contributed by atoms with van der Waals surface area (Å²) in [7, 11) is 0. The minimum absolute atomic E-state index is 0.00289. The van der Waals surface area contributed by atoms with Gasteiger partial charge in [-0.1, -0.05) is 98.2 Å². The van der Waals surface area contributed by atoms with Crippen molar-refractivity contribution in [1.29, 1.82) is 0 Å². The van der Waals surface area contributed by atoms with Gasteiger partial charge in [-0.15, -0.1) is 0 Å². The molecule has 4 aliphatic rings. The Hall–Kier alpha value is -9.69. The third-order valence-corrected chi connectivity index (χ3v) is 19.3. The van der Waals surface area contributed by atoms with Crippen LogP contribution in [-0.4, -0.2) is 141 Å². The van der Waals surface area contributed by atoms with Crippen molar-refractivity contribution in [1.82, 2.24) is 29.8 Å². The topological polar surface area (TPSA) is 333 Å². The van der Waals surface area contributed by atoms with Gasteiger partial charge >= 0.3 is 23.9 Å². The number of hydrogen-bond donors (Lipinski definition) is 8. The SMILES string of the molecule is CC(=O)O[C@H]1C(=O)[C@@]2(C)[C@H]([C@H](OC(=O)c3ccccc3)[C@]3(O)C[C@H](OC(=O)[C@H](O)[C@@H](NC(=O)c4ccccc4)c4ccccc4)C(C)=C1C3(C)C)[C@]1(OC(C)=O)CO[C@@H]1C[C@@H]2O.Cc1cc(-n2ccnc2)cc2[nH]c(-c3c(NCC(O)c4ccc(F)c(Cl)c4)cc[nH]c3=O)nc12. The van der Waals surface area contributed by atoms with Gasteiger partial charge in [0.25, 0.3) is 11.5 Å². The van der Waals surface area contributed by atoms with Gasteiger partial charge in [0.2, 0.25) is 0 Å². The van der Waals surface area contributed by atoms with Crippen molar-refractivity contribution < 1.29 is 77.3 Å². The number of ether oxygens (including phenoxy) is 5. The molecule has 2 saturated carbocycles. The number of halogens is 2. The number of aliphatic hydroxyl groups excluding tert-OH is 3. The first-order chi connectivity index (χ1) is 45.7. The molecule has 2 bridgehead atoms. The molecule has 12 atom stereocenters. The standard InChI is InChI=1S/C47H51NO14.C24H20ClFN6O2/c1-25-31(60-43(56)36(52)35(28-16-10-7-11-17-28)48-41(54)29-18-12-8-13-19-29)23-47(57)40(61-42(55)30-20-14-9-15-21-30)38-45(6,32(51)22-33-46(38,24-58-33)62-27(3)50)39(53)37(59-26(2)49)34(25)44(47,4)5;1-13-8-15(32-7-6-27-12-32)10-19-22(13)31-23(30-19)21-18(4-5-28-24(21)34)29-11-20(33)14-2-3-17(26)16(25)9-14/h7-21,31-33,35-38,40,51-52,57H,22-24H2,1-6H3,(H,48,54);2-10,12,20,33H,11H2,1H3,(H,30,31)(H2,28,29,34)/t31-,32-,33+,35-,36+,37+,38-,40-,45+,46-,47+;/m0./s1. The number of carbonyl (C=O) groups excluding carboxylic acids is 6. The number of nitrogens with zero attached hydrogens (tertiary/aromatic N) is 3. The number of fused-ring (bicyclic) bond motifs is 6. The van der Waals surface area contributed by atoms with Crippen LogP contribution in [0.15, 0.2) is 168 Å². The van der Waals surface area contributed by atoms with Crippen molar-refractivity contribution in [2.75, 3.05) is 18.5 Å². The lowest BCUT2D eigenvalue weighted by atomic mass is 9.44. The molecule has 1 aliphatic heterocycles. The fraction of sp³-hybridized carbons (Fsp3) is 0.338. The van der Waals surface area contributed by atoms with E-state index in [1.807, 2.05) is 29.8 Å². The van der Waals surface area contributed by atoms with Crippen molar-refractivity contribution in [2.45, 2.75) is 121 Å². The molecule has 12 rings (SSSR count). The van der Waals surface area contributed by atoms with Gasteiger partial charge in [-0.2, -0.15) is 0 Å². The minimum Gasteiger partial charge on any atom is -0.456 e. The number of rotatable bonds is 16. The fourth-order valence-corrected chi connectivity index (χ4v) is 14.2. The Morgan fingerprint density at radius 1 is 0.854 bits per heavy atom. The van der Waals surface area contributed by atoms with E-state index in [2.05, 4.69) is 30.6 Å². The maximum atomic E-state index is 15.5. The van der Waals surface area contributed by atoms with E-state index in [-0.39, 0.29) is 52.4 Å². The van der Waals surface area contributed by atoms with Crippen LogP contribution in [0.4, 0.5) is 10.1 Å². The average Bonchev–Trinajstić information content (AvgIpc) is 0.700. The van der Waals surface area contributed by atoms with Gasteiger partial charge in [-0.05, 0) is 103 Å². The number of aromatic amines is 2. The molecule has 3 aliphatic carbocycles. The molecule has 8 aromatic rings. The normalized spacial score (nSPS) is 24.9. The van der Waals surface area contributed by atoms with E-state index in [9.17, 15) is 53.6 Å². The van der Waals surface area contributed by atoms with Crippen LogP contribution in [0.3, 0.4) is 0 Å². The number of amides is 1. The monoisotopic (exact) mass is 1330 g/mol. The Labute approximate surface area is 554 Å². The summed E-state index contributed by atoms with van der Waals surface area (Å²) in [4.78, 5) is 111. The first kappa shape index (κ1) is 67.7. The van der Waals surface area contributed by atoms with Crippen molar-refractivity contribution in [3.05, 3.63) is 212 Å². The van der Waals surface area contributed by atoms with Crippen molar-refractivity contribution in [3.8, 4) is 17.1 Å². The summed E-state index contributed by atoms with van der Waals surface area (Å²) in [6.45, 7) is 10.00. The minimum atomic E-state index is -2.39. The molecule has 25 heteroatoms. The molecule has 3 aromatic heterocycles. The second-order valence-corrected chi connectivity index (χ2v) is 25.6. The number of benzene rings is 5. The third kappa shape index (κ3) is 12.5. The molecule has 0 spiro atoms. The number of pyridine rings is 1.